The molecule has 1 aromatic rings. The third kappa shape index (κ3) is 2.86. The predicted octanol–water partition coefficient (Wildman–Crippen LogP) is 0.836. The van der Waals surface area contributed by atoms with Crippen molar-refractivity contribution in [2.45, 2.75) is 30.6 Å². The Morgan fingerprint density at radius 1 is 1.18 bits per heavy atom. The number of sulfonamides is 1. The Morgan fingerprint density at radius 2 is 1.88 bits per heavy atom. The van der Waals surface area contributed by atoms with Gasteiger partial charge in [0.05, 0.1) is 11.5 Å². The van der Waals surface area contributed by atoms with Gasteiger partial charge >= 0.3 is 0 Å². The highest BCUT2D eigenvalue weighted by molar-refractivity contribution is 7.89. The van der Waals surface area contributed by atoms with Crippen molar-refractivity contribution < 1.29 is 13.5 Å². The fraction of sp³-hybridized carbons (Fsp3) is 0.500. The van der Waals surface area contributed by atoms with Gasteiger partial charge in [-0.05, 0) is 48.9 Å². The topological polar surface area (TPSA) is 66.4 Å². The molecule has 1 aromatic carbocycles. The van der Waals surface area contributed by atoms with Crippen molar-refractivity contribution in [3.63, 3.8) is 0 Å². The second kappa shape index (κ2) is 5.16. The summed E-state index contributed by atoms with van der Waals surface area (Å²) in [4.78, 5) is 0.298. The van der Waals surface area contributed by atoms with Gasteiger partial charge in [0.1, 0.15) is 0 Å². The van der Waals surface area contributed by atoms with E-state index in [2.05, 4.69) is 4.72 Å². The molecule has 0 atom stereocenters. The molecule has 0 spiro atoms. The number of nitrogens with one attached hydrogen (secondary N) is 1. The lowest BCUT2D eigenvalue weighted by molar-refractivity contribution is 0.301. The Balaban J connectivity index is 2.27. The van der Waals surface area contributed by atoms with E-state index in [-0.39, 0.29) is 13.2 Å². The number of aryl methyl sites for hydroxylation is 2. The van der Waals surface area contributed by atoms with Crippen LogP contribution in [0.4, 0.5) is 0 Å². The lowest BCUT2D eigenvalue weighted by Gasteiger charge is -2.16. The molecule has 0 fully saturated rings. The molecule has 0 unspecified atom stereocenters. The molecular formula is C12H17NO3S. The third-order valence-corrected chi connectivity index (χ3v) is 4.49. The summed E-state index contributed by atoms with van der Waals surface area (Å²) in [5, 5.41) is 8.64. The van der Waals surface area contributed by atoms with Crippen molar-refractivity contribution in [3.05, 3.63) is 29.3 Å². The normalized spacial score (nSPS) is 15.6. The molecule has 0 bridgehead atoms. The number of fused-ring (bicyclic) bond motifs is 1. The highest BCUT2D eigenvalue weighted by atomic mass is 32.2. The van der Waals surface area contributed by atoms with Gasteiger partial charge in [-0.25, -0.2) is 13.1 Å². The summed E-state index contributed by atoms with van der Waals surface area (Å²) in [5.74, 6) is 0. The average molecular weight is 255 g/mol. The van der Waals surface area contributed by atoms with Gasteiger partial charge in [0.2, 0.25) is 10.0 Å². The van der Waals surface area contributed by atoms with Crippen molar-refractivity contribution in [1.29, 1.82) is 0 Å². The van der Waals surface area contributed by atoms with Gasteiger partial charge in [-0.1, -0.05) is 6.07 Å². The molecule has 94 valence electrons. The van der Waals surface area contributed by atoms with E-state index in [1.165, 1.54) is 12.0 Å². The smallest absolute Gasteiger partial charge is 0.240 e. The Kier molecular flexibility index (Phi) is 3.81. The van der Waals surface area contributed by atoms with Crippen molar-refractivity contribution in [3.8, 4) is 0 Å². The van der Waals surface area contributed by atoms with E-state index in [1.54, 1.807) is 12.1 Å². The molecule has 1 aliphatic rings. The summed E-state index contributed by atoms with van der Waals surface area (Å²) in [6.07, 6.45) is 4.31. The summed E-state index contributed by atoms with van der Waals surface area (Å²) in [5.41, 5.74) is 2.40. The molecule has 0 aromatic heterocycles. The van der Waals surface area contributed by atoms with Crippen LogP contribution in [0.1, 0.15) is 24.0 Å². The number of aliphatic hydroxyl groups is 1. The van der Waals surface area contributed by atoms with Crippen LogP contribution in [-0.2, 0) is 22.9 Å². The third-order valence-electron chi connectivity index (χ3n) is 3.03. The van der Waals surface area contributed by atoms with E-state index in [4.69, 9.17) is 5.11 Å². The largest absolute Gasteiger partial charge is 0.395 e. The summed E-state index contributed by atoms with van der Waals surface area (Å²) in [6, 6.07) is 5.31. The van der Waals surface area contributed by atoms with E-state index in [0.717, 1.165) is 24.8 Å². The van der Waals surface area contributed by atoms with E-state index in [1.807, 2.05) is 6.07 Å². The second-order valence-corrected chi connectivity index (χ2v) is 6.03. The Bertz CT molecular complexity index is 496. The maximum Gasteiger partial charge on any atom is 0.240 e. The van der Waals surface area contributed by atoms with Crippen LogP contribution in [-0.4, -0.2) is 26.7 Å². The number of hydrogen-bond donors (Lipinski definition) is 2. The monoisotopic (exact) mass is 255 g/mol. The zero-order valence-corrected chi connectivity index (χ0v) is 10.5. The SMILES string of the molecule is O=S(=O)(NCCO)c1ccc2c(c1)CCCC2. The Hall–Kier alpha value is -0.910. The van der Waals surface area contributed by atoms with Crippen LogP contribution in [0, 0.1) is 0 Å². The molecule has 2 rings (SSSR count). The van der Waals surface area contributed by atoms with Crippen LogP contribution in [0.25, 0.3) is 0 Å². The van der Waals surface area contributed by atoms with Gasteiger partial charge in [-0.2, -0.15) is 0 Å². The molecule has 0 amide bonds. The van der Waals surface area contributed by atoms with Crippen LogP contribution in [0.15, 0.2) is 23.1 Å². The molecule has 0 heterocycles. The predicted molar refractivity (Wildman–Crippen MR) is 65.4 cm³/mol. The first-order valence-electron chi connectivity index (χ1n) is 5.86. The highest BCUT2D eigenvalue weighted by Gasteiger charge is 2.16. The second-order valence-electron chi connectivity index (χ2n) is 4.26. The molecule has 17 heavy (non-hydrogen) atoms. The standard InChI is InChI=1S/C12H17NO3S/c14-8-7-13-17(15,16)12-6-5-10-3-1-2-4-11(10)9-12/h5-6,9,13-14H,1-4,7-8H2. The molecule has 0 saturated carbocycles. The quantitative estimate of drug-likeness (QED) is 0.837. The van der Waals surface area contributed by atoms with E-state index < -0.39 is 10.0 Å². The minimum Gasteiger partial charge on any atom is -0.395 e. The maximum absolute atomic E-state index is 11.9. The van der Waals surface area contributed by atoms with Crippen LogP contribution in [0.5, 0.6) is 0 Å². The molecule has 0 radical (unpaired) electrons. The van der Waals surface area contributed by atoms with Crippen molar-refractivity contribution in [2.24, 2.45) is 0 Å². The fourth-order valence-electron chi connectivity index (χ4n) is 2.14. The molecule has 4 nitrogen and oxygen atoms in total. The Morgan fingerprint density at radius 3 is 2.59 bits per heavy atom. The molecule has 0 aliphatic heterocycles. The number of aliphatic hydroxyl groups excluding tert-OH is 1. The molecule has 5 heteroatoms. The van der Waals surface area contributed by atoms with Gasteiger partial charge in [0, 0.05) is 6.54 Å². The van der Waals surface area contributed by atoms with Gasteiger partial charge in [0.25, 0.3) is 0 Å². The lowest BCUT2D eigenvalue weighted by atomic mass is 9.92. The van der Waals surface area contributed by atoms with Crippen molar-refractivity contribution >= 4 is 10.0 Å². The molecule has 1 aliphatic carbocycles. The minimum absolute atomic E-state index is 0.0550. The summed E-state index contributed by atoms with van der Waals surface area (Å²) in [6.45, 7) is -0.135. The van der Waals surface area contributed by atoms with Crippen LogP contribution >= 0.6 is 0 Å². The van der Waals surface area contributed by atoms with Gasteiger partial charge < -0.3 is 5.11 Å². The van der Waals surface area contributed by atoms with Gasteiger partial charge in [-0.3, -0.25) is 0 Å². The number of hydrogen-bond acceptors (Lipinski definition) is 3. The molecule has 2 N–H and O–H groups in total. The first-order chi connectivity index (χ1) is 8.13. The fourth-order valence-corrected chi connectivity index (χ4v) is 3.21. The van der Waals surface area contributed by atoms with Crippen molar-refractivity contribution in [1.82, 2.24) is 4.72 Å². The average Bonchev–Trinajstić information content (AvgIpc) is 2.36. The van der Waals surface area contributed by atoms with Crippen LogP contribution in [0.2, 0.25) is 0 Å². The molecule has 0 saturated heterocycles. The van der Waals surface area contributed by atoms with Crippen LogP contribution in [0.3, 0.4) is 0 Å². The summed E-state index contributed by atoms with van der Waals surface area (Å²) in [7, 11) is -3.47. The van der Waals surface area contributed by atoms with Gasteiger partial charge in [-0.15, -0.1) is 0 Å². The van der Waals surface area contributed by atoms with E-state index in [9.17, 15) is 8.42 Å². The highest BCUT2D eigenvalue weighted by Crippen LogP contribution is 2.23. The lowest BCUT2D eigenvalue weighted by Crippen LogP contribution is -2.26. The van der Waals surface area contributed by atoms with E-state index >= 15 is 0 Å². The Labute approximate surface area is 102 Å². The summed E-state index contributed by atoms with van der Waals surface area (Å²) < 4.78 is 26.1. The first-order valence-corrected chi connectivity index (χ1v) is 7.34. The number of benzene rings is 1. The minimum atomic E-state index is -3.47. The van der Waals surface area contributed by atoms with Crippen LogP contribution < -0.4 is 4.72 Å². The zero-order valence-electron chi connectivity index (χ0n) is 9.65. The van der Waals surface area contributed by atoms with Crippen molar-refractivity contribution in [2.75, 3.05) is 13.2 Å². The maximum atomic E-state index is 11.9. The number of rotatable bonds is 4. The molecular weight excluding hydrogens is 238 g/mol. The summed E-state index contributed by atoms with van der Waals surface area (Å²) >= 11 is 0. The van der Waals surface area contributed by atoms with E-state index in [0.29, 0.717) is 4.90 Å². The van der Waals surface area contributed by atoms with Gasteiger partial charge in [0.15, 0.2) is 0 Å². The zero-order chi connectivity index (χ0) is 12.3. The first kappa shape index (κ1) is 12.5.